The van der Waals surface area contributed by atoms with Gasteiger partial charge in [-0.05, 0) is 12.8 Å². The molecular formula is C11H22N2OS. The molecule has 1 unspecified atom stereocenters. The summed E-state index contributed by atoms with van der Waals surface area (Å²) in [5.41, 5.74) is 5.47. The molecular weight excluding hydrogens is 208 g/mol. The summed E-state index contributed by atoms with van der Waals surface area (Å²) < 4.78 is 0. The fourth-order valence-electron chi connectivity index (χ4n) is 1.40. The second-order valence-corrected chi connectivity index (χ2v) is 4.19. The Kier molecular flexibility index (Phi) is 8.28. The molecule has 0 heterocycles. The Labute approximate surface area is 97.8 Å². The number of rotatable bonds is 8. The summed E-state index contributed by atoms with van der Waals surface area (Å²) in [6, 6.07) is 0. The summed E-state index contributed by atoms with van der Waals surface area (Å²) in [6.07, 6.45) is 5.31. The molecule has 0 aliphatic heterocycles. The average molecular weight is 230 g/mol. The summed E-state index contributed by atoms with van der Waals surface area (Å²) in [4.78, 5) is 11.9. The van der Waals surface area contributed by atoms with Gasteiger partial charge in [0.2, 0.25) is 5.91 Å². The van der Waals surface area contributed by atoms with Gasteiger partial charge in [-0.3, -0.25) is 4.79 Å². The molecule has 1 atom stereocenters. The Morgan fingerprint density at radius 2 is 2.00 bits per heavy atom. The van der Waals surface area contributed by atoms with Gasteiger partial charge in [-0.25, -0.2) is 0 Å². The van der Waals surface area contributed by atoms with E-state index in [9.17, 15) is 4.79 Å². The molecule has 0 saturated heterocycles. The Balaban J connectivity index is 3.67. The van der Waals surface area contributed by atoms with Crippen molar-refractivity contribution in [1.29, 1.82) is 0 Å². The molecule has 3 nitrogen and oxygen atoms in total. The van der Waals surface area contributed by atoms with Crippen LogP contribution in [0.15, 0.2) is 0 Å². The highest BCUT2D eigenvalue weighted by atomic mass is 32.1. The van der Waals surface area contributed by atoms with Gasteiger partial charge in [-0.2, -0.15) is 0 Å². The van der Waals surface area contributed by atoms with E-state index in [0.717, 1.165) is 13.0 Å². The number of hydrogen-bond acceptors (Lipinski definition) is 2. The molecule has 88 valence electrons. The van der Waals surface area contributed by atoms with Crippen LogP contribution < -0.4 is 11.1 Å². The van der Waals surface area contributed by atoms with E-state index in [2.05, 4.69) is 12.2 Å². The molecule has 0 fully saturated rings. The van der Waals surface area contributed by atoms with Crippen molar-refractivity contribution in [1.82, 2.24) is 5.32 Å². The Morgan fingerprint density at radius 1 is 1.33 bits per heavy atom. The molecule has 0 aromatic carbocycles. The summed E-state index contributed by atoms with van der Waals surface area (Å²) in [5.74, 6) is -0.326. The van der Waals surface area contributed by atoms with Crippen molar-refractivity contribution in [3.63, 3.8) is 0 Å². The molecule has 0 aliphatic rings. The Morgan fingerprint density at radius 3 is 2.47 bits per heavy atom. The Hall–Kier alpha value is -0.640. The number of amides is 1. The van der Waals surface area contributed by atoms with E-state index < -0.39 is 0 Å². The first kappa shape index (κ1) is 14.4. The summed E-state index contributed by atoms with van der Waals surface area (Å²) in [5, 5.41) is 2.87. The highest BCUT2D eigenvalue weighted by Crippen LogP contribution is 2.03. The molecule has 0 aromatic heterocycles. The second kappa shape index (κ2) is 8.65. The van der Waals surface area contributed by atoms with Gasteiger partial charge in [0, 0.05) is 6.54 Å². The van der Waals surface area contributed by atoms with Crippen LogP contribution in [-0.2, 0) is 4.79 Å². The number of unbranched alkanes of at least 4 members (excludes halogenated alkanes) is 3. The van der Waals surface area contributed by atoms with Crippen molar-refractivity contribution in [2.45, 2.75) is 46.0 Å². The van der Waals surface area contributed by atoms with E-state index >= 15 is 0 Å². The van der Waals surface area contributed by atoms with Crippen LogP contribution in [-0.4, -0.2) is 17.4 Å². The number of nitrogens with two attached hydrogens (primary N) is 1. The van der Waals surface area contributed by atoms with Crippen LogP contribution in [0.5, 0.6) is 0 Å². The van der Waals surface area contributed by atoms with Gasteiger partial charge in [0.25, 0.3) is 0 Å². The molecule has 4 heteroatoms. The van der Waals surface area contributed by atoms with Crippen LogP contribution in [0, 0.1) is 5.92 Å². The lowest BCUT2D eigenvalue weighted by Gasteiger charge is -2.13. The van der Waals surface area contributed by atoms with Crippen molar-refractivity contribution in [2.75, 3.05) is 6.54 Å². The maximum Gasteiger partial charge on any atom is 0.229 e. The third-order valence-electron chi connectivity index (χ3n) is 2.40. The second-order valence-electron chi connectivity index (χ2n) is 3.71. The molecule has 0 spiro atoms. The van der Waals surface area contributed by atoms with Crippen LogP contribution in [0.25, 0.3) is 0 Å². The normalized spacial score (nSPS) is 12.1. The monoisotopic (exact) mass is 230 g/mol. The summed E-state index contributed by atoms with van der Waals surface area (Å²) in [7, 11) is 0. The van der Waals surface area contributed by atoms with Gasteiger partial charge in [0.1, 0.15) is 0 Å². The van der Waals surface area contributed by atoms with Gasteiger partial charge in [0.15, 0.2) is 0 Å². The third kappa shape index (κ3) is 6.44. The fraction of sp³-hybridized carbons (Fsp3) is 0.818. The van der Waals surface area contributed by atoms with Gasteiger partial charge >= 0.3 is 0 Å². The van der Waals surface area contributed by atoms with Crippen LogP contribution >= 0.6 is 12.2 Å². The number of thiocarbonyl (C=S) groups is 1. The SMILES string of the molecule is CCCCCCNC(=O)C(CC)C(N)=S. The molecule has 0 saturated carbocycles. The molecule has 0 aliphatic carbocycles. The fourth-order valence-corrected chi connectivity index (χ4v) is 1.68. The minimum absolute atomic E-state index is 0.0264. The molecule has 3 N–H and O–H groups in total. The van der Waals surface area contributed by atoms with Gasteiger partial charge in [-0.15, -0.1) is 0 Å². The zero-order chi connectivity index (χ0) is 11.7. The Bertz CT molecular complexity index is 207. The smallest absolute Gasteiger partial charge is 0.229 e. The quantitative estimate of drug-likeness (QED) is 0.495. The molecule has 1 amide bonds. The number of carbonyl (C=O) groups is 1. The van der Waals surface area contributed by atoms with Crippen molar-refractivity contribution >= 4 is 23.1 Å². The lowest BCUT2D eigenvalue weighted by molar-refractivity contribution is -0.123. The molecule has 15 heavy (non-hydrogen) atoms. The third-order valence-corrected chi connectivity index (χ3v) is 2.68. The highest BCUT2D eigenvalue weighted by Gasteiger charge is 2.18. The minimum atomic E-state index is -0.300. The first-order chi connectivity index (χ1) is 7.13. The van der Waals surface area contributed by atoms with Crippen molar-refractivity contribution in [2.24, 2.45) is 11.7 Å². The van der Waals surface area contributed by atoms with Crippen LogP contribution in [0.1, 0.15) is 46.0 Å². The van der Waals surface area contributed by atoms with E-state index in [0.29, 0.717) is 11.4 Å². The zero-order valence-electron chi connectivity index (χ0n) is 9.71. The van der Waals surface area contributed by atoms with Gasteiger partial charge in [0.05, 0.1) is 10.9 Å². The van der Waals surface area contributed by atoms with E-state index in [4.69, 9.17) is 18.0 Å². The minimum Gasteiger partial charge on any atom is -0.393 e. The van der Waals surface area contributed by atoms with Crippen molar-refractivity contribution in [3.05, 3.63) is 0 Å². The number of carbonyl (C=O) groups excluding carboxylic acids is 1. The molecule has 0 bridgehead atoms. The number of nitrogens with one attached hydrogen (secondary N) is 1. The standard InChI is InChI=1S/C11H22N2OS/c1-3-5-6-7-8-13-11(14)9(4-2)10(12)15/h9H,3-8H2,1-2H3,(H2,12,15)(H,13,14). The highest BCUT2D eigenvalue weighted by molar-refractivity contribution is 7.80. The van der Waals surface area contributed by atoms with E-state index in [1.807, 2.05) is 6.92 Å². The predicted molar refractivity (Wildman–Crippen MR) is 67.7 cm³/mol. The maximum absolute atomic E-state index is 11.6. The molecule has 0 radical (unpaired) electrons. The van der Waals surface area contributed by atoms with Crippen LogP contribution in [0.3, 0.4) is 0 Å². The van der Waals surface area contributed by atoms with E-state index in [-0.39, 0.29) is 11.8 Å². The topological polar surface area (TPSA) is 55.1 Å². The maximum atomic E-state index is 11.6. The molecule has 0 rings (SSSR count). The first-order valence-corrected chi connectivity index (χ1v) is 6.11. The van der Waals surface area contributed by atoms with E-state index in [1.165, 1.54) is 19.3 Å². The average Bonchev–Trinajstić information content (AvgIpc) is 2.18. The summed E-state index contributed by atoms with van der Waals surface area (Å²) in [6.45, 7) is 4.82. The van der Waals surface area contributed by atoms with Crippen LogP contribution in [0.2, 0.25) is 0 Å². The van der Waals surface area contributed by atoms with Crippen LogP contribution in [0.4, 0.5) is 0 Å². The van der Waals surface area contributed by atoms with Gasteiger partial charge in [-0.1, -0.05) is 45.3 Å². The predicted octanol–water partition coefficient (Wildman–Crippen LogP) is 2.00. The lowest BCUT2D eigenvalue weighted by atomic mass is 10.1. The van der Waals surface area contributed by atoms with Crippen molar-refractivity contribution in [3.8, 4) is 0 Å². The summed E-state index contributed by atoms with van der Waals surface area (Å²) >= 11 is 4.83. The number of hydrogen-bond donors (Lipinski definition) is 2. The zero-order valence-corrected chi connectivity index (χ0v) is 10.5. The molecule has 0 aromatic rings. The largest absolute Gasteiger partial charge is 0.393 e. The van der Waals surface area contributed by atoms with Gasteiger partial charge < -0.3 is 11.1 Å². The lowest BCUT2D eigenvalue weighted by Crippen LogP contribution is -2.37. The van der Waals surface area contributed by atoms with Crippen molar-refractivity contribution < 1.29 is 4.79 Å². The van der Waals surface area contributed by atoms with E-state index in [1.54, 1.807) is 0 Å². The first-order valence-electron chi connectivity index (χ1n) is 5.70.